The largest absolute Gasteiger partial charge is 0.304 e. The number of hydrogen-bond donors (Lipinski definition) is 0. The SMILES string of the molecule is CN1CCN(S(C)(N2CCN(C)CC2)N2CCN(C)CC2)CC1. The van der Waals surface area contributed by atoms with Crippen LogP contribution in [0, 0.1) is 0 Å². The van der Waals surface area contributed by atoms with Gasteiger partial charge in [0, 0.05) is 84.8 Å². The van der Waals surface area contributed by atoms with Crippen molar-refractivity contribution in [2.75, 3.05) is 106 Å². The molecule has 0 saturated carbocycles. The van der Waals surface area contributed by atoms with Gasteiger partial charge < -0.3 is 14.7 Å². The molecule has 0 unspecified atom stereocenters. The standard InChI is InChI=1S/C16H36N6S/c1-17-5-11-20(12-6-17)23(4,21-13-7-18(2)8-14-21)22-15-9-19(3)10-16-22/h5-16H2,1-4H3. The second kappa shape index (κ2) is 7.56. The Bertz CT molecular complexity index is 316. The first-order valence-electron chi connectivity index (χ1n) is 9.09. The van der Waals surface area contributed by atoms with E-state index in [0.717, 1.165) is 0 Å². The molecule has 0 aromatic rings. The smallest absolute Gasteiger partial charge is 0.0225 e. The highest BCUT2D eigenvalue weighted by Crippen LogP contribution is 2.55. The number of likely N-dealkylation sites (N-methyl/N-ethyl adjacent to an activating group) is 3. The highest BCUT2D eigenvalue weighted by Gasteiger charge is 2.41. The van der Waals surface area contributed by atoms with Crippen LogP contribution in [0.1, 0.15) is 0 Å². The Morgan fingerprint density at radius 3 is 0.870 bits per heavy atom. The van der Waals surface area contributed by atoms with Crippen LogP contribution in [-0.2, 0) is 0 Å². The van der Waals surface area contributed by atoms with Crippen molar-refractivity contribution in [2.45, 2.75) is 0 Å². The van der Waals surface area contributed by atoms with Gasteiger partial charge in [0.2, 0.25) is 0 Å². The molecule has 0 N–H and O–H groups in total. The lowest BCUT2D eigenvalue weighted by molar-refractivity contribution is 0.170. The lowest BCUT2D eigenvalue weighted by Gasteiger charge is -2.62. The van der Waals surface area contributed by atoms with Gasteiger partial charge in [-0.05, 0) is 21.1 Å². The summed E-state index contributed by atoms with van der Waals surface area (Å²) in [5, 5.41) is 0. The highest BCUT2D eigenvalue weighted by molar-refractivity contribution is 8.27. The van der Waals surface area contributed by atoms with Gasteiger partial charge in [0.15, 0.2) is 0 Å². The van der Waals surface area contributed by atoms with Crippen LogP contribution in [0.2, 0.25) is 0 Å². The summed E-state index contributed by atoms with van der Waals surface area (Å²) in [6, 6.07) is 0. The first kappa shape index (κ1) is 17.9. The summed E-state index contributed by atoms with van der Waals surface area (Å²) < 4.78 is 8.51. The van der Waals surface area contributed by atoms with E-state index in [1.54, 1.807) is 0 Å². The van der Waals surface area contributed by atoms with Gasteiger partial charge in [0.1, 0.15) is 0 Å². The molecule has 3 aliphatic heterocycles. The molecule has 3 heterocycles. The minimum absolute atomic E-state index is 0.995. The zero-order chi connectivity index (χ0) is 16.4. The van der Waals surface area contributed by atoms with Gasteiger partial charge in [-0.2, -0.15) is 0 Å². The van der Waals surface area contributed by atoms with E-state index in [1.165, 1.54) is 78.5 Å². The molecule has 23 heavy (non-hydrogen) atoms. The fourth-order valence-corrected chi connectivity index (χ4v) is 7.44. The van der Waals surface area contributed by atoms with Gasteiger partial charge in [-0.1, -0.05) is 10.6 Å². The summed E-state index contributed by atoms with van der Waals surface area (Å²) >= 11 is 0. The number of hydrogen-bond acceptors (Lipinski definition) is 6. The number of nitrogens with zero attached hydrogens (tertiary/aromatic N) is 6. The van der Waals surface area contributed by atoms with E-state index in [1.807, 2.05) is 0 Å². The Morgan fingerprint density at radius 1 is 0.435 bits per heavy atom. The topological polar surface area (TPSA) is 19.4 Å². The van der Waals surface area contributed by atoms with E-state index in [9.17, 15) is 0 Å². The molecular formula is C16H36N6S. The molecule has 3 rings (SSSR count). The van der Waals surface area contributed by atoms with E-state index in [4.69, 9.17) is 0 Å². The Morgan fingerprint density at radius 2 is 0.652 bits per heavy atom. The monoisotopic (exact) mass is 344 g/mol. The van der Waals surface area contributed by atoms with Gasteiger partial charge >= 0.3 is 0 Å². The molecule has 0 aromatic carbocycles. The molecular weight excluding hydrogens is 308 g/mol. The average Bonchev–Trinajstić information content (AvgIpc) is 2.56. The molecule has 0 radical (unpaired) electrons. The number of piperazine rings is 3. The highest BCUT2D eigenvalue weighted by atomic mass is 32.3. The second-order valence-electron chi connectivity index (χ2n) is 7.49. The Kier molecular flexibility index (Phi) is 5.89. The molecule has 6 nitrogen and oxygen atoms in total. The van der Waals surface area contributed by atoms with E-state index < -0.39 is 10.6 Å². The van der Waals surface area contributed by atoms with Crippen LogP contribution in [0.5, 0.6) is 0 Å². The summed E-state index contributed by atoms with van der Waals surface area (Å²) in [7, 11) is 5.78. The quantitative estimate of drug-likeness (QED) is 0.708. The van der Waals surface area contributed by atoms with Crippen molar-refractivity contribution in [3.05, 3.63) is 0 Å². The maximum absolute atomic E-state index is 2.84. The predicted molar refractivity (Wildman–Crippen MR) is 101 cm³/mol. The van der Waals surface area contributed by atoms with Crippen molar-refractivity contribution in [1.82, 2.24) is 27.6 Å². The lowest BCUT2D eigenvalue weighted by Crippen LogP contribution is -2.60. The molecule has 0 aromatic heterocycles. The first-order chi connectivity index (χ1) is 11.0. The van der Waals surface area contributed by atoms with Crippen molar-refractivity contribution in [2.24, 2.45) is 0 Å². The van der Waals surface area contributed by atoms with Crippen molar-refractivity contribution >= 4 is 10.6 Å². The summed E-state index contributed by atoms with van der Waals surface area (Å²) in [4.78, 5) is 7.43. The van der Waals surface area contributed by atoms with Gasteiger partial charge in [0.05, 0.1) is 0 Å². The summed E-state index contributed by atoms with van der Waals surface area (Å²) in [5.41, 5.74) is 0. The van der Waals surface area contributed by atoms with E-state index in [-0.39, 0.29) is 0 Å². The molecule has 136 valence electrons. The molecule has 0 amide bonds. The molecule has 0 bridgehead atoms. The van der Waals surface area contributed by atoms with Crippen LogP contribution in [0.15, 0.2) is 0 Å². The van der Waals surface area contributed by atoms with Gasteiger partial charge in [-0.3, -0.25) is 0 Å². The Labute approximate surface area is 144 Å². The fraction of sp³-hybridized carbons (Fsp3) is 1.00. The van der Waals surface area contributed by atoms with Crippen LogP contribution in [0.4, 0.5) is 0 Å². The Balaban J connectivity index is 1.77. The zero-order valence-electron chi connectivity index (χ0n) is 15.6. The van der Waals surface area contributed by atoms with E-state index >= 15 is 0 Å². The van der Waals surface area contributed by atoms with Crippen LogP contribution in [-0.4, -0.2) is 134 Å². The van der Waals surface area contributed by atoms with Crippen molar-refractivity contribution in [3.63, 3.8) is 0 Å². The second-order valence-corrected chi connectivity index (χ2v) is 10.6. The van der Waals surface area contributed by atoms with Crippen molar-refractivity contribution in [1.29, 1.82) is 0 Å². The Hall–Kier alpha value is 0.110. The van der Waals surface area contributed by atoms with Crippen LogP contribution in [0.3, 0.4) is 0 Å². The summed E-state index contributed by atoms with van der Waals surface area (Å²) in [6.07, 6.45) is 2.58. The zero-order valence-corrected chi connectivity index (χ0v) is 16.4. The van der Waals surface area contributed by atoms with Crippen molar-refractivity contribution < 1.29 is 0 Å². The van der Waals surface area contributed by atoms with Crippen LogP contribution < -0.4 is 0 Å². The molecule has 0 aliphatic carbocycles. The third-order valence-electron chi connectivity index (χ3n) is 5.85. The normalized spacial score (nSPS) is 29.9. The molecule has 3 aliphatic rings. The molecule has 3 fully saturated rings. The fourth-order valence-electron chi connectivity index (χ4n) is 3.89. The van der Waals surface area contributed by atoms with E-state index in [0.29, 0.717) is 0 Å². The minimum Gasteiger partial charge on any atom is -0.304 e. The molecule has 3 saturated heterocycles. The number of rotatable bonds is 3. The maximum Gasteiger partial charge on any atom is 0.0225 e. The molecule has 0 spiro atoms. The van der Waals surface area contributed by atoms with E-state index in [2.05, 4.69) is 55.0 Å². The van der Waals surface area contributed by atoms with Crippen LogP contribution >= 0.6 is 10.6 Å². The summed E-state index contributed by atoms with van der Waals surface area (Å²) in [5.74, 6) is 0. The van der Waals surface area contributed by atoms with Crippen molar-refractivity contribution in [3.8, 4) is 0 Å². The third kappa shape index (κ3) is 3.86. The lowest BCUT2D eigenvalue weighted by atomic mass is 10.4. The third-order valence-corrected chi connectivity index (χ3v) is 9.88. The van der Waals surface area contributed by atoms with Gasteiger partial charge in [-0.25, -0.2) is 12.9 Å². The van der Waals surface area contributed by atoms with Crippen LogP contribution in [0.25, 0.3) is 0 Å². The predicted octanol–water partition coefficient (Wildman–Crippen LogP) is -0.0920. The summed E-state index contributed by atoms with van der Waals surface area (Å²) in [6.45, 7) is 14.6. The minimum atomic E-state index is -0.995. The average molecular weight is 345 g/mol. The first-order valence-corrected chi connectivity index (χ1v) is 11.0. The maximum atomic E-state index is 2.84. The molecule has 7 heteroatoms. The molecule has 0 atom stereocenters. The van der Waals surface area contributed by atoms with Gasteiger partial charge in [-0.15, -0.1) is 0 Å². The van der Waals surface area contributed by atoms with Gasteiger partial charge in [0.25, 0.3) is 0 Å².